The fourth-order valence-electron chi connectivity index (χ4n) is 3.24. The third-order valence-electron chi connectivity index (χ3n) is 4.61. The Morgan fingerprint density at radius 1 is 1.21 bits per heavy atom. The van der Waals surface area contributed by atoms with Gasteiger partial charge in [0.15, 0.2) is 0 Å². The van der Waals surface area contributed by atoms with Crippen LogP contribution in [-0.2, 0) is 22.2 Å². The summed E-state index contributed by atoms with van der Waals surface area (Å²) in [6.07, 6.45) is -1.41. The van der Waals surface area contributed by atoms with Crippen molar-refractivity contribution in [3.63, 3.8) is 0 Å². The monoisotopic (exact) mass is 406 g/mol. The number of halogens is 3. The van der Waals surface area contributed by atoms with Crippen LogP contribution in [0.15, 0.2) is 42.7 Å². The van der Waals surface area contributed by atoms with E-state index in [4.69, 9.17) is 0 Å². The molecule has 1 atom stereocenters. The van der Waals surface area contributed by atoms with E-state index in [1.165, 1.54) is 13.1 Å². The van der Waals surface area contributed by atoms with Crippen molar-refractivity contribution in [2.45, 2.75) is 32.0 Å². The Kier molecular flexibility index (Phi) is 6.05. The maximum absolute atomic E-state index is 12.9. The van der Waals surface area contributed by atoms with Crippen molar-refractivity contribution >= 4 is 23.2 Å². The highest BCUT2D eigenvalue weighted by molar-refractivity contribution is 5.88. The van der Waals surface area contributed by atoms with E-state index >= 15 is 0 Å². The Bertz CT molecular complexity index is 884. The van der Waals surface area contributed by atoms with E-state index in [2.05, 4.69) is 15.6 Å². The van der Waals surface area contributed by atoms with E-state index in [0.717, 1.165) is 17.8 Å². The lowest BCUT2D eigenvalue weighted by Crippen LogP contribution is -2.38. The van der Waals surface area contributed by atoms with Gasteiger partial charge >= 0.3 is 6.18 Å². The Hall–Kier alpha value is -3.10. The molecule has 0 radical (unpaired) electrons. The molecule has 1 fully saturated rings. The van der Waals surface area contributed by atoms with E-state index in [1.807, 2.05) is 0 Å². The normalized spacial score (nSPS) is 16.6. The molecular weight excluding hydrogens is 385 g/mol. The summed E-state index contributed by atoms with van der Waals surface area (Å²) in [5, 5.41) is 5.58. The Labute approximate surface area is 166 Å². The maximum Gasteiger partial charge on any atom is 0.417 e. The molecule has 0 aliphatic carbocycles. The molecule has 9 heteroatoms. The minimum Gasteiger partial charge on any atom is -0.368 e. The van der Waals surface area contributed by atoms with Crippen molar-refractivity contribution in [3.8, 4) is 0 Å². The molecule has 3 rings (SSSR count). The standard InChI is InChI=1S/C20H21F3N4O2/c1-13(28)25-16-4-2-14(3-5-16)8-19(29)26-17-6-7-27(12-17)18-9-15(10-24-11-18)20(21,22)23/h2-5,9-11,17H,6-8,12H2,1H3,(H,25,28)(H,26,29)/t17-/m1/s1. The van der Waals surface area contributed by atoms with E-state index in [0.29, 0.717) is 30.9 Å². The van der Waals surface area contributed by atoms with Crippen LogP contribution in [0.2, 0.25) is 0 Å². The molecule has 154 valence electrons. The number of benzene rings is 1. The minimum absolute atomic E-state index is 0.143. The first kappa shape index (κ1) is 20.6. The molecule has 0 bridgehead atoms. The number of hydrogen-bond donors (Lipinski definition) is 2. The van der Waals surface area contributed by atoms with Crippen LogP contribution in [-0.4, -0.2) is 35.9 Å². The number of carbonyl (C=O) groups excluding carboxylic acids is 2. The SMILES string of the molecule is CC(=O)Nc1ccc(CC(=O)N[C@@H]2CCN(c3cncc(C(F)(F)F)c3)C2)cc1. The predicted octanol–water partition coefficient (Wildman–Crippen LogP) is 3.00. The van der Waals surface area contributed by atoms with Gasteiger partial charge in [-0.05, 0) is 30.2 Å². The fraction of sp³-hybridized carbons (Fsp3) is 0.350. The van der Waals surface area contributed by atoms with Crippen LogP contribution in [0, 0.1) is 0 Å². The summed E-state index contributed by atoms with van der Waals surface area (Å²) in [6.45, 7) is 2.39. The molecule has 1 aliphatic heterocycles. The van der Waals surface area contributed by atoms with Crippen molar-refractivity contribution in [3.05, 3.63) is 53.9 Å². The van der Waals surface area contributed by atoms with Gasteiger partial charge in [0.05, 0.1) is 23.9 Å². The zero-order chi connectivity index (χ0) is 21.0. The fourth-order valence-corrected chi connectivity index (χ4v) is 3.24. The van der Waals surface area contributed by atoms with Crippen molar-refractivity contribution in [2.75, 3.05) is 23.3 Å². The number of nitrogens with zero attached hydrogens (tertiary/aromatic N) is 2. The molecule has 2 aromatic rings. The highest BCUT2D eigenvalue weighted by atomic mass is 19.4. The summed E-state index contributed by atoms with van der Waals surface area (Å²) in [5.41, 5.74) is 1.06. The highest BCUT2D eigenvalue weighted by Gasteiger charge is 2.32. The molecule has 2 N–H and O–H groups in total. The number of anilines is 2. The third-order valence-corrected chi connectivity index (χ3v) is 4.61. The average Bonchev–Trinajstić information content (AvgIpc) is 3.11. The molecule has 0 saturated carbocycles. The van der Waals surface area contributed by atoms with Crippen LogP contribution in [0.4, 0.5) is 24.5 Å². The van der Waals surface area contributed by atoms with Gasteiger partial charge in [0.1, 0.15) is 0 Å². The molecule has 0 unspecified atom stereocenters. The second-order valence-electron chi connectivity index (χ2n) is 6.98. The first-order chi connectivity index (χ1) is 13.7. The van der Waals surface area contributed by atoms with Crippen molar-refractivity contribution in [2.24, 2.45) is 0 Å². The largest absolute Gasteiger partial charge is 0.417 e. The molecule has 0 spiro atoms. The van der Waals surface area contributed by atoms with Gasteiger partial charge in [-0.25, -0.2) is 0 Å². The summed E-state index contributed by atoms with van der Waals surface area (Å²) in [7, 11) is 0. The van der Waals surface area contributed by atoms with Gasteiger partial charge in [0.25, 0.3) is 0 Å². The molecule has 2 heterocycles. The van der Waals surface area contributed by atoms with Crippen LogP contribution < -0.4 is 15.5 Å². The lowest BCUT2D eigenvalue weighted by Gasteiger charge is -2.20. The topological polar surface area (TPSA) is 74.3 Å². The van der Waals surface area contributed by atoms with E-state index in [9.17, 15) is 22.8 Å². The lowest BCUT2D eigenvalue weighted by molar-refractivity contribution is -0.137. The average molecular weight is 406 g/mol. The van der Waals surface area contributed by atoms with Crippen molar-refractivity contribution < 1.29 is 22.8 Å². The van der Waals surface area contributed by atoms with Crippen LogP contribution in [0.1, 0.15) is 24.5 Å². The molecule has 2 amide bonds. The van der Waals surface area contributed by atoms with Crippen molar-refractivity contribution in [1.82, 2.24) is 10.3 Å². The molecule has 1 aromatic carbocycles. The predicted molar refractivity (Wildman–Crippen MR) is 102 cm³/mol. The van der Waals surface area contributed by atoms with E-state index in [1.54, 1.807) is 29.2 Å². The number of nitrogens with one attached hydrogen (secondary N) is 2. The summed E-state index contributed by atoms with van der Waals surface area (Å²) in [6, 6.07) is 7.91. The Morgan fingerprint density at radius 2 is 1.93 bits per heavy atom. The van der Waals surface area contributed by atoms with Crippen molar-refractivity contribution in [1.29, 1.82) is 0 Å². The molecule has 1 aliphatic rings. The smallest absolute Gasteiger partial charge is 0.368 e. The number of rotatable bonds is 5. The van der Waals surface area contributed by atoms with E-state index in [-0.39, 0.29) is 24.3 Å². The number of amides is 2. The van der Waals surface area contributed by atoms with Gasteiger partial charge in [-0.15, -0.1) is 0 Å². The zero-order valence-electron chi connectivity index (χ0n) is 15.8. The Balaban J connectivity index is 1.53. The first-order valence-corrected chi connectivity index (χ1v) is 9.14. The van der Waals surface area contributed by atoms with Gasteiger partial charge in [0, 0.05) is 37.9 Å². The van der Waals surface area contributed by atoms with Gasteiger partial charge in [-0.3, -0.25) is 14.6 Å². The van der Waals surface area contributed by atoms with Crippen LogP contribution in [0.25, 0.3) is 0 Å². The summed E-state index contributed by atoms with van der Waals surface area (Å²) in [4.78, 5) is 28.8. The first-order valence-electron chi connectivity index (χ1n) is 9.14. The molecule has 29 heavy (non-hydrogen) atoms. The van der Waals surface area contributed by atoms with Gasteiger partial charge < -0.3 is 15.5 Å². The molecule has 1 saturated heterocycles. The summed E-state index contributed by atoms with van der Waals surface area (Å²) >= 11 is 0. The number of alkyl halides is 3. The molecular formula is C20H21F3N4O2. The van der Waals surface area contributed by atoms with Crippen LogP contribution in [0.3, 0.4) is 0 Å². The number of pyridine rings is 1. The third kappa shape index (κ3) is 5.69. The second kappa shape index (κ2) is 8.50. The summed E-state index contributed by atoms with van der Waals surface area (Å²) in [5.74, 6) is -0.330. The van der Waals surface area contributed by atoms with Crippen LogP contribution in [0.5, 0.6) is 0 Å². The number of carbonyl (C=O) groups is 2. The van der Waals surface area contributed by atoms with E-state index < -0.39 is 11.7 Å². The van der Waals surface area contributed by atoms with Gasteiger partial charge in [0.2, 0.25) is 11.8 Å². The quantitative estimate of drug-likeness (QED) is 0.801. The van der Waals surface area contributed by atoms with Gasteiger partial charge in [-0.2, -0.15) is 13.2 Å². The van der Waals surface area contributed by atoms with Gasteiger partial charge in [-0.1, -0.05) is 12.1 Å². The number of aromatic nitrogens is 1. The zero-order valence-corrected chi connectivity index (χ0v) is 15.8. The summed E-state index contributed by atoms with van der Waals surface area (Å²) < 4.78 is 38.6. The molecule has 6 nitrogen and oxygen atoms in total. The lowest BCUT2D eigenvalue weighted by atomic mass is 10.1. The number of hydrogen-bond acceptors (Lipinski definition) is 4. The Morgan fingerprint density at radius 3 is 2.59 bits per heavy atom. The molecule has 1 aromatic heterocycles. The van der Waals surface area contributed by atoms with Crippen LogP contribution >= 0.6 is 0 Å². The minimum atomic E-state index is -4.44. The second-order valence-corrected chi connectivity index (χ2v) is 6.98. The maximum atomic E-state index is 12.9. The highest BCUT2D eigenvalue weighted by Crippen LogP contribution is 2.31.